The van der Waals surface area contributed by atoms with Crippen molar-refractivity contribution < 1.29 is 4.52 Å². The Balaban J connectivity index is 2.21. The van der Waals surface area contributed by atoms with Gasteiger partial charge in [-0.05, 0) is 19.4 Å². The van der Waals surface area contributed by atoms with Crippen molar-refractivity contribution in [1.29, 1.82) is 0 Å². The van der Waals surface area contributed by atoms with Gasteiger partial charge < -0.3 is 10.3 Å². The number of hydrogen-bond acceptors (Lipinski definition) is 6. The van der Waals surface area contributed by atoms with E-state index >= 15 is 0 Å². The Labute approximate surface area is 121 Å². The first-order valence-corrected chi connectivity index (χ1v) is 7.90. The predicted octanol–water partition coefficient (Wildman–Crippen LogP) is 4.03. The molecule has 0 unspecified atom stereocenters. The van der Waals surface area contributed by atoms with Crippen LogP contribution in [0.4, 0.5) is 5.00 Å². The van der Waals surface area contributed by atoms with E-state index < -0.39 is 0 Å². The number of rotatable bonds is 3. The van der Waals surface area contributed by atoms with E-state index in [1.54, 1.807) is 23.1 Å². The Kier molecular flexibility index (Phi) is 3.92. The molecule has 2 rings (SSSR count). The highest BCUT2D eigenvalue weighted by atomic mass is 32.2. The molecule has 19 heavy (non-hydrogen) atoms. The molecule has 0 atom stereocenters. The minimum atomic E-state index is 0.189. The molecule has 0 saturated heterocycles. The zero-order chi connectivity index (χ0) is 14.2. The van der Waals surface area contributed by atoms with E-state index in [9.17, 15) is 0 Å². The van der Waals surface area contributed by atoms with Crippen LogP contribution in [0.15, 0.2) is 4.52 Å². The zero-order valence-electron chi connectivity index (χ0n) is 11.9. The van der Waals surface area contributed by atoms with Crippen molar-refractivity contribution in [3.63, 3.8) is 0 Å². The van der Waals surface area contributed by atoms with Gasteiger partial charge in [-0.15, -0.1) is 23.1 Å². The molecule has 2 aromatic rings. The van der Waals surface area contributed by atoms with Crippen LogP contribution in [0.2, 0.25) is 0 Å². The summed E-state index contributed by atoms with van der Waals surface area (Å²) in [5.41, 5.74) is 8.03. The number of aromatic nitrogens is 2. The van der Waals surface area contributed by atoms with Gasteiger partial charge in [-0.2, -0.15) is 4.98 Å². The normalized spacial score (nSPS) is 12.1. The lowest BCUT2D eigenvalue weighted by Crippen LogP contribution is -2.07. The van der Waals surface area contributed by atoms with Crippen LogP contribution in [0.1, 0.15) is 37.0 Å². The van der Waals surface area contributed by atoms with E-state index in [4.69, 9.17) is 10.3 Å². The summed E-state index contributed by atoms with van der Waals surface area (Å²) in [7, 11) is 0. The van der Waals surface area contributed by atoms with Crippen molar-refractivity contribution in [1.82, 2.24) is 10.1 Å². The van der Waals surface area contributed by atoms with Crippen LogP contribution in [0.25, 0.3) is 11.5 Å². The number of hydrogen-bond donors (Lipinski definition) is 1. The summed E-state index contributed by atoms with van der Waals surface area (Å²) < 4.78 is 5.53. The van der Waals surface area contributed by atoms with Gasteiger partial charge in [-0.3, -0.25) is 0 Å². The third kappa shape index (κ3) is 3.30. The molecule has 0 spiro atoms. The highest BCUT2D eigenvalue weighted by Crippen LogP contribution is 2.37. The Hall–Kier alpha value is -1.01. The summed E-state index contributed by atoms with van der Waals surface area (Å²) in [5.74, 6) is 2.00. The first-order valence-electron chi connectivity index (χ1n) is 6.10. The lowest BCUT2D eigenvalue weighted by Gasteiger charge is -2.15. The van der Waals surface area contributed by atoms with Crippen molar-refractivity contribution in [3.05, 3.63) is 16.3 Å². The number of aryl methyl sites for hydroxylation is 1. The predicted molar refractivity (Wildman–Crippen MR) is 82.5 cm³/mol. The fraction of sp³-hybridized carbons (Fsp3) is 0.538. The number of nitrogens with two attached hydrogens (primary N) is 1. The smallest absolute Gasteiger partial charge is 0.261 e. The van der Waals surface area contributed by atoms with Crippen LogP contribution < -0.4 is 5.73 Å². The van der Waals surface area contributed by atoms with E-state index in [0.717, 1.165) is 27.7 Å². The van der Waals surface area contributed by atoms with Crippen molar-refractivity contribution in [2.75, 3.05) is 5.73 Å². The van der Waals surface area contributed by atoms with Crippen LogP contribution in [-0.2, 0) is 5.75 Å². The molecular formula is C13H19N3OS2. The maximum Gasteiger partial charge on any atom is 0.261 e. The summed E-state index contributed by atoms with van der Waals surface area (Å²) >= 11 is 3.36. The van der Waals surface area contributed by atoms with Gasteiger partial charge in [-0.1, -0.05) is 25.9 Å². The molecule has 4 nitrogen and oxygen atoms in total. The highest BCUT2D eigenvalue weighted by molar-refractivity contribution is 7.99. The van der Waals surface area contributed by atoms with Crippen molar-refractivity contribution in [2.24, 2.45) is 0 Å². The SMILES string of the molecule is Cc1sc(N)c(-c2nc(CSC(C)(C)C)no2)c1C. The maximum atomic E-state index is 6.01. The molecule has 2 N–H and O–H groups in total. The monoisotopic (exact) mass is 297 g/mol. The quantitative estimate of drug-likeness (QED) is 0.926. The molecule has 0 aliphatic rings. The molecule has 0 aliphatic carbocycles. The van der Waals surface area contributed by atoms with Gasteiger partial charge in [0.1, 0.15) is 0 Å². The molecule has 0 bridgehead atoms. The van der Waals surface area contributed by atoms with E-state index in [-0.39, 0.29) is 4.75 Å². The molecule has 0 radical (unpaired) electrons. The molecule has 0 aromatic carbocycles. The molecule has 2 aromatic heterocycles. The van der Waals surface area contributed by atoms with Crippen molar-refractivity contribution >= 4 is 28.1 Å². The molecule has 0 fully saturated rings. The fourth-order valence-corrected chi connectivity index (χ4v) is 3.22. The van der Waals surface area contributed by atoms with E-state index in [1.807, 2.05) is 13.8 Å². The lowest BCUT2D eigenvalue weighted by atomic mass is 10.1. The average Bonchev–Trinajstić information content (AvgIpc) is 2.82. The Bertz CT molecular complexity index is 581. The number of anilines is 1. The van der Waals surface area contributed by atoms with Crippen molar-refractivity contribution in [2.45, 2.75) is 45.1 Å². The highest BCUT2D eigenvalue weighted by Gasteiger charge is 2.19. The summed E-state index contributed by atoms with van der Waals surface area (Å²) in [6, 6.07) is 0. The van der Waals surface area contributed by atoms with E-state index in [0.29, 0.717) is 5.89 Å². The largest absolute Gasteiger partial charge is 0.390 e. The molecule has 0 aliphatic heterocycles. The summed E-state index contributed by atoms with van der Waals surface area (Å²) in [4.78, 5) is 5.64. The average molecular weight is 297 g/mol. The third-order valence-corrected chi connectivity index (χ3v) is 5.03. The zero-order valence-corrected chi connectivity index (χ0v) is 13.5. The molecule has 104 valence electrons. The van der Waals surface area contributed by atoms with E-state index in [2.05, 4.69) is 30.9 Å². The Morgan fingerprint density at radius 3 is 2.53 bits per heavy atom. The van der Waals surface area contributed by atoms with Gasteiger partial charge in [0.05, 0.1) is 16.3 Å². The van der Waals surface area contributed by atoms with Crippen LogP contribution in [0.3, 0.4) is 0 Å². The second-order valence-corrected chi connectivity index (χ2v) is 8.50. The van der Waals surface area contributed by atoms with Gasteiger partial charge >= 0.3 is 0 Å². The molecule has 6 heteroatoms. The number of thiophene rings is 1. The standard InChI is InChI=1S/C13H19N3OS2/c1-7-8(2)19-11(14)10(7)12-15-9(16-17-12)6-18-13(3,4)5/h6,14H2,1-5H3. The van der Waals surface area contributed by atoms with Gasteiger partial charge in [0.25, 0.3) is 5.89 Å². The number of nitrogens with zero attached hydrogens (tertiary/aromatic N) is 2. The van der Waals surface area contributed by atoms with Crippen LogP contribution in [0, 0.1) is 13.8 Å². The summed E-state index contributed by atoms with van der Waals surface area (Å²) in [6.07, 6.45) is 0. The minimum absolute atomic E-state index is 0.189. The fourth-order valence-electron chi connectivity index (χ4n) is 1.61. The lowest BCUT2D eigenvalue weighted by molar-refractivity contribution is 0.425. The van der Waals surface area contributed by atoms with Crippen molar-refractivity contribution in [3.8, 4) is 11.5 Å². The van der Waals surface area contributed by atoms with Gasteiger partial charge in [-0.25, -0.2) is 0 Å². The van der Waals surface area contributed by atoms with Crippen LogP contribution in [-0.4, -0.2) is 14.9 Å². The second-order valence-electron chi connectivity index (χ2n) is 5.44. The minimum Gasteiger partial charge on any atom is -0.390 e. The summed E-state index contributed by atoms with van der Waals surface area (Å²) in [6.45, 7) is 10.6. The first-order chi connectivity index (χ1) is 8.78. The summed E-state index contributed by atoms with van der Waals surface area (Å²) in [5, 5.41) is 4.77. The Morgan fingerprint density at radius 2 is 2.00 bits per heavy atom. The number of nitrogen functional groups attached to an aromatic ring is 1. The molecule has 2 heterocycles. The van der Waals surface area contributed by atoms with Crippen LogP contribution >= 0.6 is 23.1 Å². The molecule has 0 saturated carbocycles. The number of thioether (sulfide) groups is 1. The second kappa shape index (κ2) is 5.17. The van der Waals surface area contributed by atoms with Gasteiger partial charge in [0, 0.05) is 9.62 Å². The Morgan fingerprint density at radius 1 is 1.32 bits per heavy atom. The maximum absolute atomic E-state index is 6.01. The third-order valence-electron chi connectivity index (χ3n) is 2.73. The first kappa shape index (κ1) is 14.4. The topological polar surface area (TPSA) is 64.9 Å². The molecular weight excluding hydrogens is 278 g/mol. The van der Waals surface area contributed by atoms with E-state index in [1.165, 1.54) is 4.88 Å². The molecule has 0 amide bonds. The van der Waals surface area contributed by atoms with Crippen LogP contribution in [0.5, 0.6) is 0 Å². The van der Waals surface area contributed by atoms with Gasteiger partial charge in [0.2, 0.25) is 0 Å². The van der Waals surface area contributed by atoms with Gasteiger partial charge in [0.15, 0.2) is 5.82 Å².